The van der Waals surface area contributed by atoms with Crippen molar-refractivity contribution in [3.63, 3.8) is 0 Å². The van der Waals surface area contributed by atoms with Crippen LogP contribution in [0, 0.1) is 0 Å². The molecule has 0 spiro atoms. The van der Waals surface area contributed by atoms with Crippen molar-refractivity contribution in [2.45, 2.75) is 26.3 Å². The van der Waals surface area contributed by atoms with Gasteiger partial charge in [0.05, 0.1) is 35.2 Å². The van der Waals surface area contributed by atoms with Crippen LogP contribution in [0.4, 0.5) is 23.7 Å². The number of aliphatic imine (C=N–C) groups is 1. The molecule has 1 aromatic heterocycles. The Balaban J connectivity index is 1.44. The molecular weight excluding hydrogens is 672 g/mol. The molecule has 3 aromatic carbocycles. The van der Waals surface area contributed by atoms with E-state index in [1.165, 1.54) is 48.6 Å². The van der Waals surface area contributed by atoms with Crippen molar-refractivity contribution in [2.24, 2.45) is 10.1 Å². The minimum atomic E-state index is -4.77. The summed E-state index contributed by atoms with van der Waals surface area (Å²) in [6.45, 7) is 3.40. The van der Waals surface area contributed by atoms with Crippen LogP contribution in [0.5, 0.6) is 11.5 Å². The van der Waals surface area contributed by atoms with Gasteiger partial charge in [-0.15, -0.1) is 18.3 Å². The highest BCUT2D eigenvalue weighted by molar-refractivity contribution is 8.13. The van der Waals surface area contributed by atoms with Gasteiger partial charge in [0.1, 0.15) is 29.5 Å². The molecule has 11 nitrogen and oxygen atoms in total. The molecule has 0 atom stereocenters. The quantitative estimate of drug-likeness (QED) is 0.0578. The molecule has 0 radical (unpaired) electrons. The van der Waals surface area contributed by atoms with Gasteiger partial charge >= 0.3 is 12.5 Å². The van der Waals surface area contributed by atoms with E-state index in [2.05, 4.69) is 30.3 Å². The van der Waals surface area contributed by atoms with E-state index >= 15 is 0 Å². The number of alkyl halides is 3. The molecule has 46 heavy (non-hydrogen) atoms. The monoisotopic (exact) mass is 696 g/mol. The van der Waals surface area contributed by atoms with E-state index < -0.39 is 12.5 Å². The highest BCUT2D eigenvalue weighted by atomic mass is 35.5. The van der Waals surface area contributed by atoms with Gasteiger partial charge in [-0.05, 0) is 55.4 Å². The van der Waals surface area contributed by atoms with Gasteiger partial charge < -0.3 is 18.9 Å². The number of nitrogens with zero attached hydrogens (tertiary/aromatic N) is 5. The summed E-state index contributed by atoms with van der Waals surface area (Å²) in [5.74, 6) is 0.367. The minimum absolute atomic E-state index is 0.141. The third kappa shape index (κ3) is 10.3. The van der Waals surface area contributed by atoms with Crippen LogP contribution in [0.2, 0.25) is 10.0 Å². The van der Waals surface area contributed by atoms with Gasteiger partial charge in [0.15, 0.2) is 11.0 Å². The fourth-order valence-electron chi connectivity index (χ4n) is 3.52. The van der Waals surface area contributed by atoms with Crippen molar-refractivity contribution in [2.75, 3.05) is 13.0 Å². The smallest absolute Gasteiger partial charge is 0.497 e. The predicted octanol–water partition coefficient (Wildman–Crippen LogP) is 8.01. The second-order valence-electron chi connectivity index (χ2n) is 9.23. The molecule has 0 bridgehead atoms. The molecule has 4 rings (SSSR count). The number of benzene rings is 3. The summed E-state index contributed by atoms with van der Waals surface area (Å²) < 4.78 is 57.8. The van der Waals surface area contributed by atoms with E-state index in [4.69, 9.17) is 37.4 Å². The zero-order valence-electron chi connectivity index (χ0n) is 24.3. The molecule has 0 unspecified atom stereocenters. The summed E-state index contributed by atoms with van der Waals surface area (Å²) in [5.41, 5.74) is 4.94. The van der Waals surface area contributed by atoms with Crippen molar-refractivity contribution in [3.05, 3.63) is 82.6 Å². The maximum absolute atomic E-state index is 12.4. The second-order valence-corrected chi connectivity index (χ2v) is 11.0. The van der Waals surface area contributed by atoms with Gasteiger partial charge in [0, 0.05) is 17.7 Å². The fraction of sp³-hybridized carbons (Fsp3) is 0.207. The van der Waals surface area contributed by atoms with Crippen LogP contribution >= 0.6 is 35.0 Å². The summed E-state index contributed by atoms with van der Waals surface area (Å²) in [7, 11) is 1.48. The maximum Gasteiger partial charge on any atom is 0.573 e. The number of aromatic nitrogens is 3. The Labute approximate surface area is 275 Å². The highest BCUT2D eigenvalue weighted by Crippen LogP contribution is 2.37. The topological polar surface area (TPSA) is 121 Å². The van der Waals surface area contributed by atoms with E-state index in [0.29, 0.717) is 28.4 Å². The van der Waals surface area contributed by atoms with Crippen LogP contribution in [0.25, 0.3) is 17.1 Å². The first-order valence-electron chi connectivity index (χ1n) is 13.2. The zero-order chi connectivity index (χ0) is 33.3. The maximum atomic E-state index is 12.4. The van der Waals surface area contributed by atoms with E-state index in [9.17, 15) is 18.0 Å². The lowest BCUT2D eigenvalue weighted by Crippen LogP contribution is -2.17. The molecule has 0 saturated carbocycles. The number of rotatable bonds is 10. The van der Waals surface area contributed by atoms with Gasteiger partial charge in [0.25, 0.3) is 0 Å². The number of thioether (sulfide) groups is 1. The fourth-order valence-corrected chi connectivity index (χ4v) is 4.61. The molecule has 1 heterocycles. The molecule has 0 amide bonds. The van der Waals surface area contributed by atoms with Crippen molar-refractivity contribution < 1.29 is 36.9 Å². The lowest BCUT2D eigenvalue weighted by Gasteiger charge is -2.10. The zero-order valence-corrected chi connectivity index (χ0v) is 26.6. The first-order chi connectivity index (χ1) is 21.9. The summed E-state index contributed by atoms with van der Waals surface area (Å²) in [6, 6.07) is 15.4. The standard InChI is InChI=1S/C29H25Cl2F3N6O5S/c1-17(2)44-28(41)43-16-46-27(37-25-23(30)12-22(42-3)13-24(25)31)38-36-14-18-4-6-19(7-5-18)26-35-15-40(39-26)20-8-10-21(11-9-20)45-29(32,33)34/h4-15,17H,16H2,1-3H3,(H,37,38)/b36-14+. The molecule has 0 aliphatic rings. The van der Waals surface area contributed by atoms with Gasteiger partial charge in [0.2, 0.25) is 0 Å². The normalized spacial score (nSPS) is 12.0. The Morgan fingerprint density at radius 1 is 1.07 bits per heavy atom. The average Bonchev–Trinajstić information content (AvgIpc) is 3.48. The number of hydrogen-bond acceptors (Lipinski definition) is 10. The Morgan fingerprint density at radius 2 is 1.74 bits per heavy atom. The molecule has 0 fully saturated rings. The molecule has 0 aliphatic carbocycles. The first kappa shape index (κ1) is 34.4. The highest BCUT2D eigenvalue weighted by Gasteiger charge is 2.31. The van der Waals surface area contributed by atoms with Crippen LogP contribution in [0.3, 0.4) is 0 Å². The van der Waals surface area contributed by atoms with Gasteiger partial charge in [-0.25, -0.2) is 19.5 Å². The molecule has 4 aromatic rings. The van der Waals surface area contributed by atoms with Crippen molar-refractivity contribution in [1.29, 1.82) is 0 Å². The predicted molar refractivity (Wildman–Crippen MR) is 169 cm³/mol. The van der Waals surface area contributed by atoms with Gasteiger partial charge in [-0.2, -0.15) is 5.10 Å². The van der Waals surface area contributed by atoms with E-state index in [0.717, 1.165) is 11.8 Å². The number of hydrogen-bond donors (Lipinski definition) is 1. The average molecular weight is 698 g/mol. The van der Waals surface area contributed by atoms with Crippen molar-refractivity contribution in [1.82, 2.24) is 20.2 Å². The molecule has 1 N–H and O–H groups in total. The Morgan fingerprint density at radius 3 is 2.35 bits per heavy atom. The third-order valence-corrected chi connectivity index (χ3v) is 6.78. The SMILES string of the molecule is COc1cc(Cl)c(/N=C(/N/N=C/c2ccc(-c3ncn(-c4ccc(OC(F)(F)F)cc4)n3)cc2)SCOC(=O)OC(C)C)c(Cl)c1. The number of methoxy groups -OCH3 is 1. The summed E-state index contributed by atoms with van der Waals surface area (Å²) in [4.78, 5) is 20.5. The molecule has 17 heteroatoms. The van der Waals surface area contributed by atoms with Crippen LogP contribution in [-0.4, -0.2) is 57.8 Å². The van der Waals surface area contributed by atoms with Crippen LogP contribution in [0.15, 0.2) is 77.1 Å². The molecule has 242 valence electrons. The van der Waals surface area contributed by atoms with Crippen LogP contribution < -0.4 is 14.9 Å². The van der Waals surface area contributed by atoms with Crippen molar-refractivity contribution >= 4 is 58.2 Å². The lowest BCUT2D eigenvalue weighted by atomic mass is 10.1. The number of amidine groups is 1. The molecular formula is C29H25Cl2F3N6O5S. The number of carbonyl (C=O) groups excluding carboxylic acids is 1. The lowest BCUT2D eigenvalue weighted by molar-refractivity contribution is -0.274. The summed E-state index contributed by atoms with van der Waals surface area (Å²) >= 11 is 13.7. The first-order valence-corrected chi connectivity index (χ1v) is 14.9. The van der Waals surface area contributed by atoms with E-state index in [1.54, 1.807) is 50.2 Å². The Hall–Kier alpha value is -4.47. The number of carbonyl (C=O) groups is 1. The second kappa shape index (κ2) is 15.7. The summed E-state index contributed by atoms with van der Waals surface area (Å²) in [5, 5.41) is 9.30. The van der Waals surface area contributed by atoms with E-state index in [-0.39, 0.29) is 38.7 Å². The number of halogens is 5. The summed E-state index contributed by atoms with van der Waals surface area (Å²) in [6.07, 6.45) is -2.98. The number of ether oxygens (including phenoxy) is 4. The van der Waals surface area contributed by atoms with Gasteiger partial charge in [-0.1, -0.05) is 47.5 Å². The minimum Gasteiger partial charge on any atom is -0.497 e. The van der Waals surface area contributed by atoms with Crippen LogP contribution in [0.1, 0.15) is 19.4 Å². The van der Waals surface area contributed by atoms with Crippen molar-refractivity contribution in [3.8, 4) is 28.6 Å². The molecule has 0 aliphatic heterocycles. The van der Waals surface area contributed by atoms with E-state index in [1.807, 2.05) is 0 Å². The third-order valence-electron chi connectivity index (χ3n) is 5.51. The Bertz CT molecular complexity index is 1680. The van der Waals surface area contributed by atoms with Crippen LogP contribution in [-0.2, 0) is 9.47 Å². The molecule has 0 saturated heterocycles. The number of hydrazone groups is 1. The Kier molecular flexibility index (Phi) is 11.7. The number of nitrogens with one attached hydrogen (secondary N) is 1. The largest absolute Gasteiger partial charge is 0.573 e. The van der Waals surface area contributed by atoms with Gasteiger partial charge in [-0.3, -0.25) is 5.43 Å².